The van der Waals surface area contributed by atoms with Gasteiger partial charge in [-0.1, -0.05) is 0 Å². The van der Waals surface area contributed by atoms with E-state index < -0.39 is 11.6 Å². The summed E-state index contributed by atoms with van der Waals surface area (Å²) < 4.78 is 13.3. The molecular formula is C20H27FN4O2S2. The summed E-state index contributed by atoms with van der Waals surface area (Å²) in [5, 5.41) is 17.5. The summed E-state index contributed by atoms with van der Waals surface area (Å²) >= 11 is 2.04. The zero-order chi connectivity index (χ0) is 21.3. The standard InChI is InChI=1S/C13H17N3O.C7H10FNOS2/c1-7-11(8-5-6-8)15-10-4-2-3-9(10)12(7)16-13(14)17;1-7(2,10)5-3-4(8)6(11-5)12-9/h8H,2-6H2,1H3,(H3,14,15,16,17);3,10H,9H2,1-2H3. The van der Waals surface area contributed by atoms with Gasteiger partial charge < -0.3 is 16.2 Å². The van der Waals surface area contributed by atoms with E-state index in [1.165, 1.54) is 47.2 Å². The van der Waals surface area contributed by atoms with Gasteiger partial charge in [0.2, 0.25) is 0 Å². The fourth-order valence-corrected chi connectivity index (χ4v) is 4.89. The van der Waals surface area contributed by atoms with Crippen LogP contribution in [0.1, 0.15) is 66.4 Å². The summed E-state index contributed by atoms with van der Waals surface area (Å²) in [6.07, 6.45) is 5.61. The van der Waals surface area contributed by atoms with Crippen molar-refractivity contribution in [3.8, 4) is 0 Å². The number of nitrogens with one attached hydrogen (secondary N) is 1. The van der Waals surface area contributed by atoms with E-state index >= 15 is 0 Å². The number of anilines is 1. The number of carbonyl (C=O) groups excluding carboxylic acids is 1. The summed E-state index contributed by atoms with van der Waals surface area (Å²) in [4.78, 5) is 16.5. The molecule has 0 aliphatic heterocycles. The Labute approximate surface area is 178 Å². The van der Waals surface area contributed by atoms with Crippen LogP contribution in [0, 0.1) is 12.7 Å². The van der Waals surface area contributed by atoms with E-state index in [4.69, 9.17) is 15.9 Å². The van der Waals surface area contributed by atoms with Crippen LogP contribution in [0.3, 0.4) is 0 Å². The number of carbonyl (C=O) groups is 1. The SMILES string of the molecule is CC(C)(O)c1cc(F)c(SN)s1.Cc1c(C2CC2)nc2c(c1NC(N)=O)CCC2. The van der Waals surface area contributed by atoms with E-state index in [1.807, 2.05) is 6.92 Å². The first-order valence-corrected chi connectivity index (χ1v) is 11.3. The fraction of sp³-hybridized carbons (Fsp3) is 0.500. The summed E-state index contributed by atoms with van der Waals surface area (Å²) in [7, 11) is 0. The summed E-state index contributed by atoms with van der Waals surface area (Å²) in [6, 6.07) is 0.843. The van der Waals surface area contributed by atoms with Crippen LogP contribution in [0.4, 0.5) is 14.9 Å². The second-order valence-corrected chi connectivity index (χ2v) is 9.92. The van der Waals surface area contributed by atoms with Gasteiger partial charge in [0.25, 0.3) is 0 Å². The van der Waals surface area contributed by atoms with E-state index in [-0.39, 0.29) is 5.82 Å². The molecule has 2 amide bonds. The minimum Gasteiger partial charge on any atom is -0.385 e. The van der Waals surface area contributed by atoms with E-state index in [0.717, 1.165) is 42.5 Å². The number of urea groups is 1. The van der Waals surface area contributed by atoms with E-state index in [0.29, 0.717) is 15.0 Å². The fourth-order valence-electron chi connectivity index (χ4n) is 3.48. The van der Waals surface area contributed by atoms with Crippen molar-refractivity contribution in [2.24, 2.45) is 10.9 Å². The highest BCUT2D eigenvalue weighted by molar-refractivity contribution is 7.99. The van der Waals surface area contributed by atoms with Gasteiger partial charge >= 0.3 is 6.03 Å². The molecule has 6 N–H and O–H groups in total. The molecular weight excluding hydrogens is 411 g/mol. The van der Waals surface area contributed by atoms with Crippen LogP contribution in [-0.4, -0.2) is 16.1 Å². The third kappa shape index (κ3) is 5.09. The molecule has 0 radical (unpaired) electrons. The molecule has 0 unspecified atom stereocenters. The number of thiophene rings is 1. The Morgan fingerprint density at radius 2 is 2.10 bits per heavy atom. The Hall–Kier alpha value is -1.68. The van der Waals surface area contributed by atoms with Crippen molar-refractivity contribution in [3.63, 3.8) is 0 Å². The van der Waals surface area contributed by atoms with Gasteiger partial charge in [0.15, 0.2) is 0 Å². The number of nitrogens with zero attached hydrogens (tertiary/aromatic N) is 1. The number of pyridine rings is 1. The first-order valence-electron chi connectivity index (χ1n) is 9.59. The van der Waals surface area contributed by atoms with Crippen LogP contribution in [-0.2, 0) is 18.4 Å². The van der Waals surface area contributed by atoms with Crippen molar-refractivity contribution in [2.45, 2.75) is 68.6 Å². The molecule has 0 aromatic carbocycles. The van der Waals surface area contributed by atoms with Gasteiger partial charge in [0.05, 0.1) is 11.3 Å². The Kier molecular flexibility index (Phi) is 6.52. The van der Waals surface area contributed by atoms with Gasteiger partial charge in [0, 0.05) is 22.2 Å². The number of rotatable bonds is 4. The number of nitrogens with two attached hydrogens (primary N) is 2. The highest BCUT2D eigenvalue weighted by Gasteiger charge is 2.31. The lowest BCUT2D eigenvalue weighted by Crippen LogP contribution is -2.21. The minimum atomic E-state index is -0.987. The van der Waals surface area contributed by atoms with Crippen molar-refractivity contribution in [1.29, 1.82) is 0 Å². The summed E-state index contributed by atoms with van der Waals surface area (Å²) in [5.41, 5.74) is 9.86. The second-order valence-electron chi connectivity index (χ2n) is 7.96. The van der Waals surface area contributed by atoms with Gasteiger partial charge in [-0.3, -0.25) is 10.1 Å². The Bertz CT molecular complexity index is 920. The van der Waals surface area contributed by atoms with Crippen LogP contribution in [0.25, 0.3) is 0 Å². The van der Waals surface area contributed by atoms with E-state index in [2.05, 4.69) is 5.32 Å². The number of primary amides is 1. The second kappa shape index (κ2) is 8.59. The average molecular weight is 439 g/mol. The van der Waals surface area contributed by atoms with Gasteiger partial charge in [-0.2, -0.15) is 0 Å². The van der Waals surface area contributed by atoms with Gasteiger partial charge in [0.1, 0.15) is 10.0 Å². The van der Waals surface area contributed by atoms with Crippen LogP contribution in [0.15, 0.2) is 10.3 Å². The normalized spacial score (nSPS) is 15.5. The highest BCUT2D eigenvalue weighted by atomic mass is 32.2. The molecule has 2 heterocycles. The molecule has 4 rings (SSSR count). The Morgan fingerprint density at radius 3 is 2.59 bits per heavy atom. The molecule has 2 aliphatic carbocycles. The van der Waals surface area contributed by atoms with Crippen LogP contribution < -0.4 is 16.2 Å². The van der Waals surface area contributed by atoms with E-state index in [9.17, 15) is 14.3 Å². The average Bonchev–Trinajstić information content (AvgIpc) is 3.23. The molecule has 0 spiro atoms. The molecule has 29 heavy (non-hydrogen) atoms. The molecule has 9 heteroatoms. The van der Waals surface area contributed by atoms with Crippen molar-refractivity contribution in [1.82, 2.24) is 4.98 Å². The quantitative estimate of drug-likeness (QED) is 0.531. The Balaban J connectivity index is 0.000000177. The monoisotopic (exact) mass is 438 g/mol. The molecule has 6 nitrogen and oxygen atoms in total. The first-order chi connectivity index (χ1) is 13.6. The molecule has 0 saturated heterocycles. The number of aliphatic hydroxyl groups is 1. The van der Waals surface area contributed by atoms with Crippen molar-refractivity contribution in [2.75, 3.05) is 5.32 Å². The van der Waals surface area contributed by atoms with Crippen molar-refractivity contribution in [3.05, 3.63) is 39.3 Å². The maximum absolute atomic E-state index is 12.9. The number of aromatic nitrogens is 1. The van der Waals surface area contributed by atoms with Crippen molar-refractivity contribution < 1.29 is 14.3 Å². The summed E-state index contributed by atoms with van der Waals surface area (Å²) in [5.74, 6) is 0.249. The number of amides is 2. The predicted molar refractivity (Wildman–Crippen MR) is 116 cm³/mol. The maximum atomic E-state index is 12.9. The van der Waals surface area contributed by atoms with Gasteiger partial charge in [-0.05, 0) is 82.0 Å². The summed E-state index contributed by atoms with van der Waals surface area (Å²) in [6.45, 7) is 5.27. The highest BCUT2D eigenvalue weighted by Crippen LogP contribution is 2.44. The number of hydrogen-bond donors (Lipinski definition) is 4. The molecule has 1 fully saturated rings. The lowest BCUT2D eigenvalue weighted by atomic mass is 10.0. The third-order valence-electron chi connectivity index (χ3n) is 5.08. The predicted octanol–water partition coefficient (Wildman–Crippen LogP) is 4.33. The van der Waals surface area contributed by atoms with Crippen molar-refractivity contribution >= 4 is 35.0 Å². The molecule has 2 aliphatic rings. The number of halogens is 1. The molecule has 158 valence electrons. The largest absolute Gasteiger partial charge is 0.385 e. The molecule has 2 aromatic rings. The smallest absolute Gasteiger partial charge is 0.316 e. The topological polar surface area (TPSA) is 114 Å². The minimum absolute atomic E-state index is 0.357. The third-order valence-corrected chi connectivity index (χ3v) is 7.25. The first kappa shape index (κ1) is 22.0. The van der Waals surface area contributed by atoms with Crippen LogP contribution in [0.2, 0.25) is 0 Å². The van der Waals surface area contributed by atoms with E-state index in [1.54, 1.807) is 13.8 Å². The van der Waals surface area contributed by atoms with Gasteiger partial charge in [-0.15, -0.1) is 11.3 Å². The number of aryl methyl sites for hydroxylation is 1. The molecule has 0 bridgehead atoms. The zero-order valence-electron chi connectivity index (χ0n) is 16.8. The lowest BCUT2D eigenvalue weighted by Gasteiger charge is -2.15. The maximum Gasteiger partial charge on any atom is 0.316 e. The Morgan fingerprint density at radius 1 is 1.41 bits per heavy atom. The lowest BCUT2D eigenvalue weighted by molar-refractivity contribution is 0.0823. The number of fused-ring (bicyclic) bond motifs is 1. The van der Waals surface area contributed by atoms with Crippen LogP contribution in [0.5, 0.6) is 0 Å². The van der Waals surface area contributed by atoms with Crippen LogP contribution >= 0.6 is 23.3 Å². The molecule has 0 atom stereocenters. The number of hydrogen-bond acceptors (Lipinski definition) is 6. The molecule has 1 saturated carbocycles. The van der Waals surface area contributed by atoms with Gasteiger partial charge in [-0.25, -0.2) is 9.18 Å². The zero-order valence-corrected chi connectivity index (χ0v) is 18.5. The molecule has 2 aromatic heterocycles.